The highest BCUT2D eigenvalue weighted by Gasteiger charge is 2.30. The van der Waals surface area contributed by atoms with Gasteiger partial charge in [0, 0.05) is 24.7 Å². The van der Waals surface area contributed by atoms with Gasteiger partial charge in [-0.1, -0.05) is 40.5 Å². The van der Waals surface area contributed by atoms with Crippen LogP contribution in [0.15, 0.2) is 53.1 Å². The molecule has 0 spiro atoms. The minimum Gasteiger partial charge on any atom is -0.484 e. The maximum atomic E-state index is 12.6. The van der Waals surface area contributed by atoms with Crippen molar-refractivity contribution in [3.8, 4) is 5.75 Å². The second-order valence-electron chi connectivity index (χ2n) is 6.40. The predicted octanol–water partition coefficient (Wildman–Crippen LogP) is 5.85. The predicted molar refractivity (Wildman–Crippen MR) is 105 cm³/mol. The molecule has 0 bridgehead atoms. The monoisotopic (exact) mass is 458 g/mol. The third-order valence-corrected chi connectivity index (χ3v) is 4.62. The van der Waals surface area contributed by atoms with Crippen molar-refractivity contribution in [1.82, 2.24) is 10.1 Å². The molecule has 30 heavy (non-hydrogen) atoms. The normalized spacial score (nSPS) is 11.4. The average molecular weight is 459 g/mol. The molecule has 0 atom stereocenters. The van der Waals surface area contributed by atoms with Gasteiger partial charge in [-0.3, -0.25) is 4.79 Å². The summed E-state index contributed by atoms with van der Waals surface area (Å²) in [4.78, 5) is 13.8. The van der Waals surface area contributed by atoms with Crippen molar-refractivity contribution < 1.29 is 27.2 Å². The number of alkyl halides is 3. The van der Waals surface area contributed by atoms with Crippen LogP contribution in [-0.2, 0) is 19.3 Å². The highest BCUT2D eigenvalue weighted by molar-refractivity contribution is 6.35. The number of carbonyl (C=O) groups is 1. The molecule has 0 N–H and O–H groups in total. The van der Waals surface area contributed by atoms with Crippen LogP contribution in [0, 0.1) is 0 Å². The molecule has 10 heteroatoms. The number of aromatic nitrogens is 1. The molecule has 1 amide bonds. The Labute approximate surface area is 179 Å². The van der Waals surface area contributed by atoms with E-state index in [4.69, 9.17) is 32.5 Å². The van der Waals surface area contributed by atoms with E-state index < -0.39 is 17.6 Å². The fourth-order valence-electron chi connectivity index (χ4n) is 2.56. The van der Waals surface area contributed by atoms with Crippen LogP contribution < -0.4 is 4.74 Å². The van der Waals surface area contributed by atoms with Gasteiger partial charge in [0.15, 0.2) is 11.5 Å². The van der Waals surface area contributed by atoms with Gasteiger partial charge in [0.2, 0.25) is 0 Å². The zero-order valence-electron chi connectivity index (χ0n) is 15.5. The number of rotatable bonds is 6. The average Bonchev–Trinajstić information content (AvgIpc) is 3.15. The third kappa shape index (κ3) is 5.46. The Bertz CT molecular complexity index is 1040. The van der Waals surface area contributed by atoms with Gasteiger partial charge in [0.25, 0.3) is 5.91 Å². The summed E-state index contributed by atoms with van der Waals surface area (Å²) >= 11 is 11.9. The number of amides is 1. The van der Waals surface area contributed by atoms with E-state index in [2.05, 4.69) is 5.16 Å². The molecule has 0 saturated heterocycles. The molecule has 1 aromatic heterocycles. The van der Waals surface area contributed by atoms with Gasteiger partial charge in [0.05, 0.1) is 10.6 Å². The Morgan fingerprint density at radius 2 is 1.83 bits per heavy atom. The summed E-state index contributed by atoms with van der Waals surface area (Å²) in [6, 6.07) is 10.8. The number of hydrogen-bond donors (Lipinski definition) is 0. The molecule has 158 valence electrons. The van der Waals surface area contributed by atoms with Crippen molar-refractivity contribution in [2.45, 2.75) is 19.3 Å². The highest BCUT2D eigenvalue weighted by atomic mass is 35.5. The smallest absolute Gasteiger partial charge is 0.416 e. The van der Waals surface area contributed by atoms with Crippen molar-refractivity contribution in [2.75, 3.05) is 7.05 Å². The van der Waals surface area contributed by atoms with Crippen LogP contribution in [0.5, 0.6) is 5.75 Å². The maximum absolute atomic E-state index is 12.6. The first-order valence-corrected chi connectivity index (χ1v) is 9.34. The zero-order chi connectivity index (χ0) is 21.9. The molecule has 0 aliphatic carbocycles. The zero-order valence-corrected chi connectivity index (χ0v) is 17.1. The Morgan fingerprint density at radius 3 is 2.47 bits per heavy atom. The first-order valence-electron chi connectivity index (χ1n) is 8.58. The molecule has 0 radical (unpaired) electrons. The fraction of sp³-hybridized carbons (Fsp3) is 0.200. The van der Waals surface area contributed by atoms with Gasteiger partial charge >= 0.3 is 6.18 Å². The van der Waals surface area contributed by atoms with E-state index in [-0.39, 0.29) is 18.8 Å². The van der Waals surface area contributed by atoms with Crippen LogP contribution in [0.3, 0.4) is 0 Å². The molecule has 0 saturated carbocycles. The van der Waals surface area contributed by atoms with Crippen LogP contribution in [0.2, 0.25) is 10.0 Å². The van der Waals surface area contributed by atoms with Crippen molar-refractivity contribution >= 4 is 29.1 Å². The third-order valence-electron chi connectivity index (χ3n) is 4.09. The van der Waals surface area contributed by atoms with Crippen molar-refractivity contribution in [1.29, 1.82) is 0 Å². The minimum absolute atomic E-state index is 0.00967. The first-order chi connectivity index (χ1) is 14.1. The Balaban J connectivity index is 1.59. The van der Waals surface area contributed by atoms with E-state index in [1.54, 1.807) is 12.1 Å². The summed E-state index contributed by atoms with van der Waals surface area (Å²) in [6.07, 6.45) is -4.41. The summed E-state index contributed by atoms with van der Waals surface area (Å²) < 4.78 is 48.5. The summed E-state index contributed by atoms with van der Waals surface area (Å²) in [5, 5.41) is 4.52. The highest BCUT2D eigenvalue weighted by Crippen LogP contribution is 2.30. The van der Waals surface area contributed by atoms with E-state index in [0.29, 0.717) is 27.1 Å². The molecule has 0 aliphatic heterocycles. The number of benzene rings is 2. The second kappa shape index (κ2) is 8.97. The molecular weight excluding hydrogens is 444 g/mol. The number of hydrogen-bond acceptors (Lipinski definition) is 4. The number of carbonyl (C=O) groups excluding carboxylic acids is 1. The summed E-state index contributed by atoms with van der Waals surface area (Å²) in [5.74, 6) is 0.242. The van der Waals surface area contributed by atoms with E-state index >= 15 is 0 Å². The lowest BCUT2D eigenvalue weighted by Crippen LogP contribution is -2.26. The SMILES string of the molecule is CN(Cc1ccc(C(F)(F)F)cc1)C(=O)c1cc(COc2ccc(Cl)cc2Cl)on1. The molecule has 2 aromatic carbocycles. The van der Waals surface area contributed by atoms with Gasteiger partial charge in [-0.25, -0.2) is 0 Å². The Kier molecular flexibility index (Phi) is 6.58. The lowest BCUT2D eigenvalue weighted by atomic mass is 10.1. The van der Waals surface area contributed by atoms with Gasteiger partial charge in [-0.05, 0) is 35.9 Å². The lowest BCUT2D eigenvalue weighted by Gasteiger charge is -2.16. The molecular formula is C20H15Cl2F3N2O3. The van der Waals surface area contributed by atoms with Crippen LogP contribution in [0.25, 0.3) is 0 Å². The summed E-state index contributed by atoms with van der Waals surface area (Å²) in [7, 11) is 1.51. The van der Waals surface area contributed by atoms with Crippen molar-refractivity contribution in [2.24, 2.45) is 0 Å². The van der Waals surface area contributed by atoms with Gasteiger partial charge in [0.1, 0.15) is 12.4 Å². The van der Waals surface area contributed by atoms with Crippen molar-refractivity contribution in [3.63, 3.8) is 0 Å². The Hall–Kier alpha value is -2.71. The van der Waals surface area contributed by atoms with Gasteiger partial charge < -0.3 is 14.2 Å². The minimum atomic E-state index is -4.41. The number of nitrogens with zero attached hydrogens (tertiary/aromatic N) is 2. The largest absolute Gasteiger partial charge is 0.484 e. The molecule has 0 fully saturated rings. The Morgan fingerprint density at radius 1 is 1.13 bits per heavy atom. The molecule has 3 aromatic rings. The molecule has 5 nitrogen and oxygen atoms in total. The maximum Gasteiger partial charge on any atom is 0.416 e. The summed E-state index contributed by atoms with van der Waals surface area (Å²) in [6.45, 7) is 0.0975. The van der Waals surface area contributed by atoms with Gasteiger partial charge in [-0.2, -0.15) is 13.2 Å². The van der Waals surface area contributed by atoms with Crippen LogP contribution in [0.4, 0.5) is 13.2 Å². The van der Waals surface area contributed by atoms with Crippen molar-refractivity contribution in [3.05, 3.63) is 81.2 Å². The summed E-state index contributed by atoms with van der Waals surface area (Å²) in [5.41, 5.74) is -0.157. The lowest BCUT2D eigenvalue weighted by molar-refractivity contribution is -0.137. The van der Waals surface area contributed by atoms with E-state index in [9.17, 15) is 18.0 Å². The molecule has 3 rings (SSSR count). The molecule has 1 heterocycles. The quantitative estimate of drug-likeness (QED) is 0.464. The number of ether oxygens (including phenoxy) is 1. The van der Waals surface area contributed by atoms with Gasteiger partial charge in [-0.15, -0.1) is 0 Å². The molecule has 0 aliphatic rings. The van der Waals surface area contributed by atoms with E-state index in [1.165, 1.54) is 36.2 Å². The van der Waals surface area contributed by atoms with Crippen LogP contribution in [-0.4, -0.2) is 23.0 Å². The standard InChI is InChI=1S/C20H15Cl2F3N2O3/c1-27(10-12-2-4-13(5-3-12)20(23,24)25)19(28)17-9-15(30-26-17)11-29-18-7-6-14(21)8-16(18)22/h2-9H,10-11H2,1H3. The van der Waals surface area contributed by atoms with E-state index in [0.717, 1.165) is 12.1 Å². The first kappa shape index (κ1) is 22.0. The second-order valence-corrected chi connectivity index (χ2v) is 7.24. The fourth-order valence-corrected chi connectivity index (χ4v) is 3.03. The topological polar surface area (TPSA) is 55.6 Å². The molecule has 0 unspecified atom stereocenters. The van der Waals surface area contributed by atoms with Crippen LogP contribution >= 0.6 is 23.2 Å². The van der Waals surface area contributed by atoms with Crippen LogP contribution in [0.1, 0.15) is 27.4 Å². The van der Waals surface area contributed by atoms with E-state index in [1.807, 2.05) is 0 Å². The number of halogens is 5.